The summed E-state index contributed by atoms with van der Waals surface area (Å²) in [7, 11) is 0. The number of nitrogens with zero attached hydrogens (tertiary/aromatic N) is 1. The monoisotopic (exact) mass is 221 g/mol. The average Bonchev–Trinajstić information content (AvgIpc) is 2.22. The van der Waals surface area contributed by atoms with Gasteiger partial charge < -0.3 is 9.64 Å². The van der Waals surface area contributed by atoms with Crippen LogP contribution in [0.3, 0.4) is 0 Å². The Morgan fingerprint density at radius 3 is 2.57 bits per heavy atom. The molecule has 0 spiro atoms. The van der Waals surface area contributed by atoms with Crippen molar-refractivity contribution in [3.8, 4) is 0 Å². The summed E-state index contributed by atoms with van der Waals surface area (Å²) in [6, 6.07) is 0. The SMILES string of the molecule is CCOCCN(CC)C(=O)C(C)CCl. The van der Waals surface area contributed by atoms with Crippen LogP contribution in [0, 0.1) is 5.92 Å². The van der Waals surface area contributed by atoms with Gasteiger partial charge in [0.05, 0.1) is 6.61 Å². The van der Waals surface area contributed by atoms with Crippen molar-refractivity contribution in [2.24, 2.45) is 5.92 Å². The molecule has 0 aromatic rings. The van der Waals surface area contributed by atoms with Gasteiger partial charge >= 0.3 is 0 Å². The molecule has 0 saturated heterocycles. The fourth-order valence-electron chi connectivity index (χ4n) is 1.12. The lowest BCUT2D eigenvalue weighted by Crippen LogP contribution is -2.38. The number of rotatable bonds is 7. The van der Waals surface area contributed by atoms with Gasteiger partial charge in [0.2, 0.25) is 5.91 Å². The molecule has 0 aliphatic rings. The lowest BCUT2D eigenvalue weighted by atomic mass is 10.2. The Morgan fingerprint density at radius 1 is 1.50 bits per heavy atom. The van der Waals surface area contributed by atoms with Crippen molar-refractivity contribution in [2.75, 3.05) is 32.2 Å². The molecule has 1 amide bonds. The van der Waals surface area contributed by atoms with E-state index in [4.69, 9.17) is 16.3 Å². The van der Waals surface area contributed by atoms with Gasteiger partial charge in [0, 0.05) is 31.5 Å². The predicted molar refractivity (Wildman–Crippen MR) is 58.6 cm³/mol. The zero-order valence-electron chi connectivity index (χ0n) is 9.25. The van der Waals surface area contributed by atoms with E-state index in [9.17, 15) is 4.79 Å². The fourth-order valence-corrected chi connectivity index (χ4v) is 1.25. The molecule has 0 fully saturated rings. The number of hydrogen-bond acceptors (Lipinski definition) is 2. The van der Waals surface area contributed by atoms with Crippen molar-refractivity contribution in [1.82, 2.24) is 4.90 Å². The van der Waals surface area contributed by atoms with Crippen LogP contribution in [0.1, 0.15) is 20.8 Å². The minimum Gasteiger partial charge on any atom is -0.380 e. The Balaban J connectivity index is 3.92. The van der Waals surface area contributed by atoms with E-state index >= 15 is 0 Å². The molecule has 84 valence electrons. The van der Waals surface area contributed by atoms with Crippen LogP contribution in [-0.4, -0.2) is 43.0 Å². The van der Waals surface area contributed by atoms with E-state index in [0.29, 0.717) is 32.2 Å². The van der Waals surface area contributed by atoms with Crippen molar-refractivity contribution in [2.45, 2.75) is 20.8 Å². The normalized spacial score (nSPS) is 12.6. The third-order valence-corrected chi connectivity index (χ3v) is 2.52. The van der Waals surface area contributed by atoms with E-state index in [2.05, 4.69) is 0 Å². The minimum absolute atomic E-state index is 0.0988. The zero-order valence-corrected chi connectivity index (χ0v) is 10.0. The minimum atomic E-state index is -0.0988. The first kappa shape index (κ1) is 13.7. The highest BCUT2D eigenvalue weighted by Crippen LogP contribution is 2.04. The lowest BCUT2D eigenvalue weighted by molar-refractivity contribution is -0.134. The number of likely N-dealkylation sites (N-methyl/N-ethyl adjacent to an activating group) is 1. The molecule has 1 atom stereocenters. The van der Waals surface area contributed by atoms with E-state index in [-0.39, 0.29) is 11.8 Å². The van der Waals surface area contributed by atoms with Crippen LogP contribution in [0.5, 0.6) is 0 Å². The van der Waals surface area contributed by atoms with Crippen LogP contribution in [-0.2, 0) is 9.53 Å². The summed E-state index contributed by atoms with van der Waals surface area (Å²) < 4.78 is 5.20. The quantitative estimate of drug-likeness (QED) is 0.484. The van der Waals surface area contributed by atoms with Gasteiger partial charge in [-0.1, -0.05) is 6.92 Å². The number of carbonyl (C=O) groups excluding carboxylic acids is 1. The van der Waals surface area contributed by atoms with Crippen LogP contribution >= 0.6 is 11.6 Å². The Bertz CT molecular complexity index is 164. The van der Waals surface area contributed by atoms with Crippen LogP contribution in [0.25, 0.3) is 0 Å². The number of carbonyl (C=O) groups is 1. The molecule has 0 rings (SSSR count). The molecule has 0 aliphatic heterocycles. The Kier molecular flexibility index (Phi) is 7.90. The fraction of sp³-hybridized carbons (Fsp3) is 0.900. The van der Waals surface area contributed by atoms with Gasteiger partial charge in [-0.2, -0.15) is 0 Å². The number of alkyl halides is 1. The Hall–Kier alpha value is -0.280. The van der Waals surface area contributed by atoms with Gasteiger partial charge in [0.15, 0.2) is 0 Å². The highest BCUT2D eigenvalue weighted by molar-refractivity contribution is 6.19. The predicted octanol–water partition coefficient (Wildman–Crippen LogP) is 1.75. The Labute approximate surface area is 91.4 Å². The van der Waals surface area contributed by atoms with Gasteiger partial charge in [0.1, 0.15) is 0 Å². The van der Waals surface area contributed by atoms with E-state index in [1.54, 1.807) is 4.90 Å². The molecule has 0 radical (unpaired) electrons. The smallest absolute Gasteiger partial charge is 0.226 e. The van der Waals surface area contributed by atoms with Crippen LogP contribution < -0.4 is 0 Å². The molecule has 3 nitrogen and oxygen atoms in total. The average molecular weight is 222 g/mol. The van der Waals surface area contributed by atoms with Gasteiger partial charge in [-0.3, -0.25) is 4.79 Å². The summed E-state index contributed by atoms with van der Waals surface area (Å²) in [5, 5.41) is 0. The largest absolute Gasteiger partial charge is 0.380 e. The summed E-state index contributed by atoms with van der Waals surface area (Å²) in [5.74, 6) is 0.393. The highest BCUT2D eigenvalue weighted by atomic mass is 35.5. The maximum atomic E-state index is 11.7. The molecule has 0 saturated carbocycles. The summed E-state index contributed by atoms with van der Waals surface area (Å²) in [4.78, 5) is 13.5. The third kappa shape index (κ3) is 4.82. The number of amides is 1. The van der Waals surface area contributed by atoms with Crippen LogP contribution in [0.2, 0.25) is 0 Å². The molecule has 0 aliphatic carbocycles. The molecule has 0 aromatic heterocycles. The van der Waals surface area contributed by atoms with Crippen LogP contribution in [0.15, 0.2) is 0 Å². The molecular formula is C10H20ClNO2. The molecule has 0 aromatic carbocycles. The molecular weight excluding hydrogens is 202 g/mol. The summed E-state index contributed by atoms with van der Waals surface area (Å²) in [6.07, 6.45) is 0. The standard InChI is InChI=1S/C10H20ClNO2/c1-4-12(6-7-14-5-2)10(13)9(3)8-11/h9H,4-8H2,1-3H3. The second-order valence-corrected chi connectivity index (χ2v) is 3.48. The molecule has 0 N–H and O–H groups in total. The van der Waals surface area contributed by atoms with E-state index in [1.807, 2.05) is 20.8 Å². The second kappa shape index (κ2) is 8.06. The van der Waals surface area contributed by atoms with Crippen LogP contribution in [0.4, 0.5) is 0 Å². The molecule has 1 unspecified atom stereocenters. The van der Waals surface area contributed by atoms with Crippen molar-refractivity contribution >= 4 is 17.5 Å². The van der Waals surface area contributed by atoms with Crippen molar-refractivity contribution in [1.29, 1.82) is 0 Å². The number of hydrogen-bond donors (Lipinski definition) is 0. The molecule has 4 heteroatoms. The van der Waals surface area contributed by atoms with Gasteiger partial charge in [-0.25, -0.2) is 0 Å². The lowest BCUT2D eigenvalue weighted by Gasteiger charge is -2.23. The molecule has 0 bridgehead atoms. The highest BCUT2D eigenvalue weighted by Gasteiger charge is 2.17. The van der Waals surface area contributed by atoms with Gasteiger partial charge in [-0.05, 0) is 13.8 Å². The van der Waals surface area contributed by atoms with E-state index in [1.165, 1.54) is 0 Å². The first-order chi connectivity index (χ1) is 6.67. The first-order valence-corrected chi connectivity index (χ1v) is 5.63. The topological polar surface area (TPSA) is 29.5 Å². The van der Waals surface area contributed by atoms with Crippen molar-refractivity contribution < 1.29 is 9.53 Å². The summed E-state index contributed by atoms with van der Waals surface area (Å²) in [6.45, 7) is 8.42. The summed E-state index contributed by atoms with van der Waals surface area (Å²) >= 11 is 5.63. The third-order valence-electron chi connectivity index (χ3n) is 2.06. The second-order valence-electron chi connectivity index (χ2n) is 3.17. The molecule has 0 heterocycles. The van der Waals surface area contributed by atoms with Crippen molar-refractivity contribution in [3.05, 3.63) is 0 Å². The summed E-state index contributed by atoms with van der Waals surface area (Å²) in [5.41, 5.74) is 0. The first-order valence-electron chi connectivity index (χ1n) is 5.09. The van der Waals surface area contributed by atoms with Crippen molar-refractivity contribution in [3.63, 3.8) is 0 Å². The van der Waals surface area contributed by atoms with Gasteiger partial charge in [-0.15, -0.1) is 11.6 Å². The van der Waals surface area contributed by atoms with Gasteiger partial charge in [0.25, 0.3) is 0 Å². The molecule has 14 heavy (non-hydrogen) atoms. The maximum Gasteiger partial charge on any atom is 0.226 e. The number of ether oxygens (including phenoxy) is 1. The Morgan fingerprint density at radius 2 is 2.14 bits per heavy atom. The van der Waals surface area contributed by atoms with E-state index in [0.717, 1.165) is 0 Å². The van der Waals surface area contributed by atoms with E-state index < -0.39 is 0 Å². The zero-order chi connectivity index (χ0) is 11.0. The number of halogens is 1. The maximum absolute atomic E-state index is 11.7.